The minimum Gasteiger partial charge on any atom is -0.307 e. The van der Waals surface area contributed by atoms with Crippen LogP contribution in [0.1, 0.15) is 21.5 Å². The Morgan fingerprint density at radius 1 is 1.16 bits per heavy atom. The first-order chi connectivity index (χ1) is 12.2. The van der Waals surface area contributed by atoms with Crippen molar-refractivity contribution in [3.63, 3.8) is 0 Å². The summed E-state index contributed by atoms with van der Waals surface area (Å²) in [6, 6.07) is 17.5. The molecule has 0 aliphatic heterocycles. The van der Waals surface area contributed by atoms with Gasteiger partial charge in [0.1, 0.15) is 5.82 Å². The monoisotopic (exact) mass is 415 g/mol. The molecule has 2 aromatic carbocycles. The van der Waals surface area contributed by atoms with E-state index in [2.05, 4.69) is 32.6 Å². The highest BCUT2D eigenvalue weighted by atomic mass is 79.9. The maximum absolute atomic E-state index is 12.5. The first-order valence-electron chi connectivity index (χ1n) is 7.82. The molecule has 0 atom stereocenters. The fourth-order valence-corrected chi connectivity index (χ4v) is 3.40. The molecule has 6 heteroatoms. The van der Waals surface area contributed by atoms with Crippen molar-refractivity contribution in [1.29, 1.82) is 0 Å². The van der Waals surface area contributed by atoms with Gasteiger partial charge in [-0.25, -0.2) is 4.68 Å². The van der Waals surface area contributed by atoms with Gasteiger partial charge in [-0.3, -0.25) is 4.79 Å². The molecule has 0 spiro atoms. The first kappa shape index (κ1) is 17.8. The van der Waals surface area contributed by atoms with Gasteiger partial charge in [-0.05, 0) is 35.6 Å². The summed E-state index contributed by atoms with van der Waals surface area (Å²) in [6.45, 7) is 0.580. The van der Waals surface area contributed by atoms with E-state index in [1.165, 1.54) is 5.56 Å². The Labute approximate surface area is 159 Å². The summed E-state index contributed by atoms with van der Waals surface area (Å²) in [5.41, 5.74) is 2.95. The van der Waals surface area contributed by atoms with Crippen LogP contribution in [0.3, 0.4) is 0 Å². The Hall–Kier alpha value is -2.05. The Bertz CT molecular complexity index is 861. The molecule has 0 fully saturated rings. The van der Waals surface area contributed by atoms with Crippen molar-refractivity contribution >= 4 is 39.4 Å². The largest absolute Gasteiger partial charge is 0.307 e. The SMILES string of the molecule is CSCc1ccc(C(=O)Nc2ccnn2Cc2ccccc2Br)cc1. The number of carbonyl (C=O) groups is 1. The topological polar surface area (TPSA) is 46.9 Å². The van der Waals surface area contributed by atoms with Crippen LogP contribution in [0.2, 0.25) is 0 Å². The van der Waals surface area contributed by atoms with Gasteiger partial charge in [0.2, 0.25) is 0 Å². The zero-order valence-electron chi connectivity index (χ0n) is 13.8. The highest BCUT2D eigenvalue weighted by molar-refractivity contribution is 9.10. The second kappa shape index (κ2) is 8.36. The van der Waals surface area contributed by atoms with Gasteiger partial charge >= 0.3 is 0 Å². The van der Waals surface area contributed by atoms with Crippen LogP contribution >= 0.6 is 27.7 Å². The maximum atomic E-state index is 12.5. The second-order valence-corrected chi connectivity index (χ2v) is 7.27. The number of anilines is 1. The Kier molecular flexibility index (Phi) is 5.94. The summed E-state index contributed by atoms with van der Waals surface area (Å²) >= 11 is 5.30. The van der Waals surface area contributed by atoms with Crippen molar-refractivity contribution in [1.82, 2.24) is 9.78 Å². The summed E-state index contributed by atoms with van der Waals surface area (Å²) < 4.78 is 2.80. The van der Waals surface area contributed by atoms with Crippen molar-refractivity contribution in [3.05, 3.63) is 82.0 Å². The van der Waals surface area contributed by atoms with Crippen molar-refractivity contribution in [2.24, 2.45) is 0 Å². The molecule has 3 aromatic rings. The number of hydrogen-bond acceptors (Lipinski definition) is 3. The molecule has 1 aromatic heterocycles. The number of rotatable bonds is 6. The van der Waals surface area contributed by atoms with Crippen molar-refractivity contribution in [2.45, 2.75) is 12.3 Å². The number of nitrogens with one attached hydrogen (secondary N) is 1. The van der Waals surface area contributed by atoms with E-state index in [4.69, 9.17) is 0 Å². The van der Waals surface area contributed by atoms with E-state index in [0.717, 1.165) is 15.8 Å². The van der Waals surface area contributed by atoms with Crippen LogP contribution in [0, 0.1) is 0 Å². The van der Waals surface area contributed by atoms with Gasteiger partial charge < -0.3 is 5.32 Å². The minimum absolute atomic E-state index is 0.135. The van der Waals surface area contributed by atoms with Crippen molar-refractivity contribution in [3.8, 4) is 0 Å². The van der Waals surface area contributed by atoms with Crippen LogP contribution in [0.5, 0.6) is 0 Å². The van der Waals surface area contributed by atoms with E-state index >= 15 is 0 Å². The highest BCUT2D eigenvalue weighted by Gasteiger charge is 2.11. The van der Waals surface area contributed by atoms with Gasteiger partial charge in [-0.1, -0.05) is 46.3 Å². The second-order valence-electron chi connectivity index (χ2n) is 5.55. The third-order valence-electron chi connectivity index (χ3n) is 3.76. The van der Waals surface area contributed by atoms with Gasteiger partial charge in [-0.15, -0.1) is 0 Å². The predicted molar refractivity (Wildman–Crippen MR) is 107 cm³/mol. The molecular formula is C19H18BrN3OS. The first-order valence-corrected chi connectivity index (χ1v) is 10.0. The molecule has 0 bridgehead atoms. The molecule has 0 aliphatic rings. The number of aromatic nitrogens is 2. The molecule has 1 N–H and O–H groups in total. The Balaban J connectivity index is 1.72. The van der Waals surface area contributed by atoms with E-state index in [1.54, 1.807) is 28.7 Å². The number of amides is 1. The number of halogens is 1. The van der Waals surface area contributed by atoms with Crippen molar-refractivity contribution < 1.29 is 4.79 Å². The van der Waals surface area contributed by atoms with Crippen LogP contribution in [-0.4, -0.2) is 21.9 Å². The molecule has 0 unspecified atom stereocenters. The fraction of sp³-hybridized carbons (Fsp3) is 0.158. The number of nitrogens with zero attached hydrogens (tertiary/aromatic N) is 2. The molecule has 0 saturated carbocycles. The van der Waals surface area contributed by atoms with Crippen LogP contribution < -0.4 is 5.32 Å². The smallest absolute Gasteiger partial charge is 0.256 e. The lowest BCUT2D eigenvalue weighted by Crippen LogP contribution is -2.16. The summed E-state index contributed by atoms with van der Waals surface area (Å²) in [4.78, 5) is 12.5. The number of carbonyl (C=O) groups excluding carboxylic acids is 1. The lowest BCUT2D eigenvalue weighted by molar-refractivity contribution is 0.102. The van der Waals surface area contributed by atoms with Gasteiger partial charge in [0, 0.05) is 21.9 Å². The van der Waals surface area contributed by atoms with E-state index in [0.29, 0.717) is 17.9 Å². The molecule has 0 saturated heterocycles. The standard InChI is InChI=1S/C19H18BrN3OS/c1-25-13-14-6-8-15(9-7-14)19(24)22-18-10-11-21-23(18)12-16-4-2-3-5-17(16)20/h2-11H,12-13H2,1H3,(H,22,24). The molecule has 0 aliphatic carbocycles. The van der Waals surface area contributed by atoms with E-state index in [9.17, 15) is 4.79 Å². The predicted octanol–water partition coefficient (Wildman–Crippen LogP) is 4.81. The molecule has 1 amide bonds. The summed E-state index contributed by atoms with van der Waals surface area (Å²) in [7, 11) is 0. The normalized spacial score (nSPS) is 10.6. The van der Waals surface area contributed by atoms with Crippen LogP contribution in [0.15, 0.2) is 65.3 Å². The molecule has 1 heterocycles. The lowest BCUT2D eigenvalue weighted by Gasteiger charge is -2.10. The third-order valence-corrected chi connectivity index (χ3v) is 5.16. The molecule has 25 heavy (non-hydrogen) atoms. The van der Waals surface area contributed by atoms with Gasteiger partial charge in [0.05, 0.1) is 12.7 Å². The maximum Gasteiger partial charge on any atom is 0.256 e. The number of thioether (sulfide) groups is 1. The molecule has 128 valence electrons. The van der Waals surface area contributed by atoms with Crippen LogP contribution in [0.25, 0.3) is 0 Å². The minimum atomic E-state index is -0.135. The molecule has 0 radical (unpaired) electrons. The molecule has 3 rings (SSSR count). The Morgan fingerprint density at radius 2 is 1.92 bits per heavy atom. The number of hydrogen-bond donors (Lipinski definition) is 1. The van der Waals surface area contributed by atoms with Gasteiger partial charge in [0.15, 0.2) is 0 Å². The average molecular weight is 416 g/mol. The van der Waals surface area contributed by atoms with Crippen molar-refractivity contribution in [2.75, 3.05) is 11.6 Å². The third kappa shape index (κ3) is 4.52. The summed E-state index contributed by atoms with van der Waals surface area (Å²) in [5.74, 6) is 1.49. The van der Waals surface area contributed by atoms with Gasteiger partial charge in [-0.2, -0.15) is 16.9 Å². The molecule has 4 nitrogen and oxygen atoms in total. The fourth-order valence-electron chi connectivity index (χ4n) is 2.46. The van der Waals surface area contributed by atoms with Gasteiger partial charge in [0.25, 0.3) is 5.91 Å². The average Bonchev–Trinajstić information content (AvgIpc) is 3.04. The lowest BCUT2D eigenvalue weighted by atomic mass is 10.1. The van der Waals surface area contributed by atoms with Crippen LogP contribution in [-0.2, 0) is 12.3 Å². The summed E-state index contributed by atoms with van der Waals surface area (Å²) in [6.07, 6.45) is 3.75. The van der Waals surface area contributed by atoms with Crippen LogP contribution in [0.4, 0.5) is 5.82 Å². The zero-order chi connectivity index (χ0) is 17.6. The Morgan fingerprint density at radius 3 is 2.64 bits per heavy atom. The van der Waals surface area contributed by atoms with E-state index < -0.39 is 0 Å². The zero-order valence-corrected chi connectivity index (χ0v) is 16.2. The van der Waals surface area contributed by atoms with E-state index in [1.807, 2.05) is 48.5 Å². The summed E-state index contributed by atoms with van der Waals surface area (Å²) in [5, 5.41) is 7.26. The quantitative estimate of drug-likeness (QED) is 0.628. The number of benzene rings is 2. The molecular weight excluding hydrogens is 398 g/mol. The van der Waals surface area contributed by atoms with E-state index in [-0.39, 0.29) is 5.91 Å². The highest BCUT2D eigenvalue weighted by Crippen LogP contribution is 2.19.